The number of hydrogen-bond acceptors (Lipinski definition) is 2. The number of aromatic nitrogens is 1. The van der Waals surface area contributed by atoms with Crippen LogP contribution in [-0.4, -0.2) is 4.98 Å². The van der Waals surface area contributed by atoms with E-state index in [1.54, 1.807) is 6.20 Å². The quantitative estimate of drug-likeness (QED) is 0.585. The third kappa shape index (κ3) is 1.02. The molecule has 12 heavy (non-hydrogen) atoms. The molecule has 0 radical (unpaired) electrons. The average Bonchev–Trinajstić information content (AvgIpc) is 2.17. The van der Waals surface area contributed by atoms with Crippen LogP contribution in [0.4, 0.5) is 0 Å². The van der Waals surface area contributed by atoms with E-state index in [0.29, 0.717) is 5.56 Å². The van der Waals surface area contributed by atoms with Crippen LogP contribution in [0.5, 0.6) is 0 Å². The van der Waals surface area contributed by atoms with Crippen molar-refractivity contribution in [3.8, 4) is 6.07 Å². The minimum Gasteiger partial charge on any atom is -0.255 e. The smallest absolute Gasteiger partial charge is 0.101 e. The molecule has 0 atom stereocenters. The molecule has 0 saturated heterocycles. The molecule has 1 aromatic heterocycles. The van der Waals surface area contributed by atoms with Gasteiger partial charge in [-0.2, -0.15) is 5.26 Å². The zero-order valence-electron chi connectivity index (χ0n) is 6.36. The van der Waals surface area contributed by atoms with E-state index >= 15 is 0 Å². The number of rotatable bonds is 0. The molecule has 0 spiro atoms. The zero-order valence-corrected chi connectivity index (χ0v) is 6.36. The number of benzene rings is 1. The Kier molecular flexibility index (Phi) is 1.49. The van der Waals surface area contributed by atoms with Crippen molar-refractivity contribution in [1.82, 2.24) is 4.98 Å². The molecule has 2 heteroatoms. The molecule has 0 bridgehead atoms. The van der Waals surface area contributed by atoms with Crippen molar-refractivity contribution in [2.75, 3.05) is 0 Å². The lowest BCUT2D eigenvalue weighted by Crippen LogP contribution is -1.80. The first-order valence-corrected chi connectivity index (χ1v) is 3.65. The summed E-state index contributed by atoms with van der Waals surface area (Å²) in [4.78, 5) is 4.13. The molecule has 2 nitrogen and oxygen atoms in total. The van der Waals surface area contributed by atoms with Crippen LogP contribution in [0, 0.1) is 11.3 Å². The van der Waals surface area contributed by atoms with Gasteiger partial charge in [0.05, 0.1) is 11.1 Å². The van der Waals surface area contributed by atoms with Gasteiger partial charge < -0.3 is 0 Å². The fourth-order valence-corrected chi connectivity index (χ4v) is 1.13. The van der Waals surface area contributed by atoms with Crippen LogP contribution in [0.1, 0.15) is 5.56 Å². The molecule has 0 saturated carbocycles. The van der Waals surface area contributed by atoms with E-state index < -0.39 is 0 Å². The summed E-state index contributed by atoms with van der Waals surface area (Å²) in [5.74, 6) is 0. The van der Waals surface area contributed by atoms with Crippen LogP contribution in [-0.2, 0) is 0 Å². The number of fused-ring (bicyclic) bond motifs is 1. The van der Waals surface area contributed by atoms with Crippen LogP contribution in [0.3, 0.4) is 0 Å². The van der Waals surface area contributed by atoms with Crippen LogP contribution in [0.25, 0.3) is 10.9 Å². The highest BCUT2D eigenvalue weighted by Gasteiger charge is 1.94. The molecule has 0 N–H and O–H groups in total. The van der Waals surface area contributed by atoms with Crippen LogP contribution in [0.15, 0.2) is 36.5 Å². The van der Waals surface area contributed by atoms with Crippen LogP contribution < -0.4 is 0 Å². The van der Waals surface area contributed by atoms with Gasteiger partial charge in [0.15, 0.2) is 0 Å². The fourth-order valence-electron chi connectivity index (χ4n) is 1.13. The SMILES string of the molecule is N#Cc1cc2ccccc2n[14cH]1. The van der Waals surface area contributed by atoms with E-state index in [1.807, 2.05) is 30.3 Å². The fraction of sp³-hybridized carbons (Fsp3) is 0. The van der Waals surface area contributed by atoms with Crippen molar-refractivity contribution in [1.29, 1.82) is 5.26 Å². The van der Waals surface area contributed by atoms with Gasteiger partial charge in [0.25, 0.3) is 0 Å². The van der Waals surface area contributed by atoms with Gasteiger partial charge >= 0.3 is 0 Å². The third-order valence-corrected chi connectivity index (χ3v) is 1.72. The Morgan fingerprint density at radius 1 is 1.33 bits per heavy atom. The number of nitrogens with zero attached hydrogens (tertiary/aromatic N) is 2. The van der Waals surface area contributed by atoms with Gasteiger partial charge in [-0.25, -0.2) is 0 Å². The van der Waals surface area contributed by atoms with Crippen molar-refractivity contribution in [3.05, 3.63) is 42.1 Å². The van der Waals surface area contributed by atoms with Crippen molar-refractivity contribution in [3.63, 3.8) is 0 Å². The van der Waals surface area contributed by atoms with Crippen molar-refractivity contribution < 1.29 is 0 Å². The van der Waals surface area contributed by atoms with Crippen LogP contribution >= 0.6 is 0 Å². The predicted molar refractivity (Wildman–Crippen MR) is 46.5 cm³/mol. The van der Waals surface area contributed by atoms with Gasteiger partial charge in [0.1, 0.15) is 6.07 Å². The third-order valence-electron chi connectivity index (χ3n) is 1.72. The molecule has 0 unspecified atom stereocenters. The van der Waals surface area contributed by atoms with Crippen molar-refractivity contribution in [2.24, 2.45) is 0 Å². The maximum Gasteiger partial charge on any atom is 0.101 e. The number of para-hydroxylation sites is 1. The second kappa shape index (κ2) is 2.63. The molecule has 0 fully saturated rings. The van der Waals surface area contributed by atoms with E-state index in [1.165, 1.54) is 0 Å². The Balaban J connectivity index is 2.78. The van der Waals surface area contributed by atoms with E-state index in [2.05, 4.69) is 11.1 Å². The van der Waals surface area contributed by atoms with E-state index in [-0.39, 0.29) is 0 Å². The largest absolute Gasteiger partial charge is 0.255 e. The lowest BCUT2D eigenvalue weighted by Gasteiger charge is -1.94. The standard InChI is InChI=1S/C10H6N2/c11-6-8-5-9-3-1-2-4-10(9)12-7-8/h1-5,7H/i7+2. The lowest BCUT2D eigenvalue weighted by molar-refractivity contribution is 1.37. The Morgan fingerprint density at radius 3 is 3.00 bits per heavy atom. The second-order valence-corrected chi connectivity index (χ2v) is 2.53. The molecular formula is C10H6N2. The number of hydrogen-bond donors (Lipinski definition) is 0. The van der Waals surface area contributed by atoms with Gasteiger partial charge in [-0.05, 0) is 12.1 Å². The minimum absolute atomic E-state index is 0.605. The van der Waals surface area contributed by atoms with E-state index in [4.69, 9.17) is 5.26 Å². The van der Waals surface area contributed by atoms with Gasteiger partial charge in [-0.1, -0.05) is 18.2 Å². The van der Waals surface area contributed by atoms with Gasteiger partial charge in [0, 0.05) is 11.6 Å². The summed E-state index contributed by atoms with van der Waals surface area (Å²) in [6.07, 6.45) is 1.59. The maximum absolute atomic E-state index is 8.61. The summed E-state index contributed by atoms with van der Waals surface area (Å²) in [7, 11) is 0. The van der Waals surface area contributed by atoms with E-state index in [0.717, 1.165) is 10.9 Å². The maximum atomic E-state index is 8.61. The Morgan fingerprint density at radius 2 is 2.17 bits per heavy atom. The summed E-state index contributed by atoms with van der Waals surface area (Å²) in [5, 5.41) is 9.62. The highest BCUT2D eigenvalue weighted by Crippen LogP contribution is 2.11. The van der Waals surface area contributed by atoms with Gasteiger partial charge in [0.2, 0.25) is 0 Å². The Bertz CT molecular complexity index is 455. The molecule has 2 aromatic rings. The number of pyridine rings is 1. The average molecular weight is 156 g/mol. The summed E-state index contributed by atoms with van der Waals surface area (Å²) >= 11 is 0. The molecule has 0 aliphatic heterocycles. The Hall–Kier alpha value is -1.88. The lowest BCUT2D eigenvalue weighted by atomic mass is 10.2. The summed E-state index contributed by atoms with van der Waals surface area (Å²) in [6, 6.07) is 11.6. The molecule has 56 valence electrons. The molecular weight excluding hydrogens is 150 g/mol. The van der Waals surface area contributed by atoms with Gasteiger partial charge in [-0.15, -0.1) is 0 Å². The predicted octanol–water partition coefficient (Wildman–Crippen LogP) is 2.11. The number of nitriles is 1. The summed E-state index contributed by atoms with van der Waals surface area (Å²) in [5.41, 5.74) is 1.53. The monoisotopic (exact) mass is 156 g/mol. The first kappa shape index (κ1) is 6.81. The molecule has 0 aliphatic carbocycles. The molecule has 0 aliphatic rings. The molecule has 1 aromatic carbocycles. The first-order valence-electron chi connectivity index (χ1n) is 3.65. The topological polar surface area (TPSA) is 36.7 Å². The first-order chi connectivity index (χ1) is 5.90. The molecule has 1 heterocycles. The van der Waals surface area contributed by atoms with Crippen LogP contribution in [0.2, 0.25) is 0 Å². The minimum atomic E-state index is 0.605. The highest BCUT2D eigenvalue weighted by molar-refractivity contribution is 5.79. The summed E-state index contributed by atoms with van der Waals surface area (Å²) in [6.45, 7) is 0. The van der Waals surface area contributed by atoms with E-state index in [9.17, 15) is 0 Å². The second-order valence-electron chi connectivity index (χ2n) is 2.53. The highest BCUT2D eigenvalue weighted by atomic mass is 15.1. The van der Waals surface area contributed by atoms with Gasteiger partial charge in [-0.3, -0.25) is 4.98 Å². The molecule has 2 rings (SSSR count). The zero-order chi connectivity index (χ0) is 8.39. The van der Waals surface area contributed by atoms with Crippen molar-refractivity contribution >= 4 is 10.9 Å². The molecule has 0 amide bonds. The Labute approximate surface area is 70.1 Å². The summed E-state index contributed by atoms with van der Waals surface area (Å²) < 4.78 is 0. The van der Waals surface area contributed by atoms with Crippen molar-refractivity contribution in [2.45, 2.75) is 0 Å². The normalized spacial score (nSPS) is 9.58.